The van der Waals surface area contributed by atoms with E-state index in [1.807, 2.05) is 7.05 Å². The van der Waals surface area contributed by atoms with Gasteiger partial charge in [-0.1, -0.05) is 6.07 Å². The number of nitrogens with one attached hydrogen (secondary N) is 2. The molecule has 0 amide bonds. The SMILES string of the molecule is CNCc1cc2c(C)cc(C)cc2[nH]1. The number of fused-ring (bicyclic) bond motifs is 1. The Bertz CT molecular complexity index is 455. The monoisotopic (exact) mass is 188 g/mol. The van der Waals surface area contributed by atoms with Crippen molar-refractivity contribution in [3.05, 3.63) is 35.0 Å². The van der Waals surface area contributed by atoms with Gasteiger partial charge in [0, 0.05) is 23.1 Å². The summed E-state index contributed by atoms with van der Waals surface area (Å²) in [5.74, 6) is 0. The van der Waals surface area contributed by atoms with E-state index in [9.17, 15) is 0 Å². The predicted molar refractivity (Wildman–Crippen MR) is 60.5 cm³/mol. The summed E-state index contributed by atoms with van der Waals surface area (Å²) in [6, 6.07) is 6.64. The maximum atomic E-state index is 3.42. The van der Waals surface area contributed by atoms with Gasteiger partial charge in [0.1, 0.15) is 0 Å². The van der Waals surface area contributed by atoms with Gasteiger partial charge < -0.3 is 10.3 Å². The summed E-state index contributed by atoms with van der Waals surface area (Å²) < 4.78 is 0. The molecule has 1 aromatic carbocycles. The summed E-state index contributed by atoms with van der Waals surface area (Å²) in [6.07, 6.45) is 0. The number of H-pyrrole nitrogens is 1. The lowest BCUT2D eigenvalue weighted by atomic mass is 10.1. The maximum absolute atomic E-state index is 3.42. The van der Waals surface area contributed by atoms with Gasteiger partial charge >= 0.3 is 0 Å². The van der Waals surface area contributed by atoms with Crippen LogP contribution in [0.25, 0.3) is 10.9 Å². The molecule has 0 spiro atoms. The Morgan fingerprint density at radius 3 is 2.71 bits per heavy atom. The van der Waals surface area contributed by atoms with E-state index in [1.54, 1.807) is 0 Å². The highest BCUT2D eigenvalue weighted by molar-refractivity contribution is 5.84. The quantitative estimate of drug-likeness (QED) is 0.744. The molecule has 0 bridgehead atoms. The van der Waals surface area contributed by atoms with Gasteiger partial charge in [-0.3, -0.25) is 0 Å². The van der Waals surface area contributed by atoms with Crippen LogP contribution in [0.15, 0.2) is 18.2 Å². The zero-order valence-electron chi connectivity index (χ0n) is 8.94. The fourth-order valence-electron chi connectivity index (χ4n) is 1.94. The van der Waals surface area contributed by atoms with Crippen molar-refractivity contribution >= 4 is 10.9 Å². The van der Waals surface area contributed by atoms with Crippen molar-refractivity contribution in [2.24, 2.45) is 0 Å². The fraction of sp³-hybridized carbons (Fsp3) is 0.333. The van der Waals surface area contributed by atoms with Crippen LogP contribution in [0.1, 0.15) is 16.8 Å². The summed E-state index contributed by atoms with van der Waals surface area (Å²) in [7, 11) is 1.96. The average molecular weight is 188 g/mol. The van der Waals surface area contributed by atoms with Gasteiger partial charge in [-0.15, -0.1) is 0 Å². The molecule has 2 rings (SSSR count). The number of hydrogen-bond donors (Lipinski definition) is 2. The lowest BCUT2D eigenvalue weighted by Crippen LogP contribution is -2.04. The molecule has 0 atom stereocenters. The zero-order valence-corrected chi connectivity index (χ0v) is 8.94. The number of benzene rings is 1. The molecule has 0 fully saturated rings. The first kappa shape index (κ1) is 9.28. The van der Waals surface area contributed by atoms with Crippen LogP contribution >= 0.6 is 0 Å². The molecule has 0 aliphatic carbocycles. The van der Waals surface area contributed by atoms with Crippen molar-refractivity contribution in [1.29, 1.82) is 0 Å². The molecule has 14 heavy (non-hydrogen) atoms. The van der Waals surface area contributed by atoms with Crippen molar-refractivity contribution in [2.75, 3.05) is 7.05 Å². The summed E-state index contributed by atoms with van der Waals surface area (Å²) in [4.78, 5) is 3.42. The highest BCUT2D eigenvalue weighted by atomic mass is 14.9. The van der Waals surface area contributed by atoms with Gasteiger partial charge in [0.05, 0.1) is 0 Å². The van der Waals surface area contributed by atoms with Gasteiger partial charge in [0.15, 0.2) is 0 Å². The van der Waals surface area contributed by atoms with Crippen LogP contribution in [-0.2, 0) is 6.54 Å². The summed E-state index contributed by atoms with van der Waals surface area (Å²) >= 11 is 0. The largest absolute Gasteiger partial charge is 0.357 e. The van der Waals surface area contributed by atoms with E-state index in [-0.39, 0.29) is 0 Å². The van der Waals surface area contributed by atoms with Gasteiger partial charge in [-0.25, -0.2) is 0 Å². The highest BCUT2D eigenvalue weighted by Crippen LogP contribution is 2.21. The molecular weight excluding hydrogens is 172 g/mol. The van der Waals surface area contributed by atoms with Crippen LogP contribution in [0.4, 0.5) is 0 Å². The van der Waals surface area contributed by atoms with E-state index in [0.29, 0.717) is 0 Å². The molecule has 2 heteroatoms. The van der Waals surface area contributed by atoms with Crippen molar-refractivity contribution < 1.29 is 0 Å². The third-order valence-corrected chi connectivity index (χ3v) is 2.51. The highest BCUT2D eigenvalue weighted by Gasteiger charge is 2.02. The molecule has 2 aromatic rings. The van der Waals surface area contributed by atoms with E-state index in [4.69, 9.17) is 0 Å². The zero-order chi connectivity index (χ0) is 10.1. The van der Waals surface area contributed by atoms with Gasteiger partial charge in [0.25, 0.3) is 0 Å². The molecule has 0 saturated heterocycles. The molecule has 74 valence electrons. The van der Waals surface area contributed by atoms with E-state index >= 15 is 0 Å². The second-order valence-electron chi connectivity index (χ2n) is 3.87. The predicted octanol–water partition coefficient (Wildman–Crippen LogP) is 2.50. The third kappa shape index (κ3) is 1.53. The Morgan fingerprint density at radius 2 is 2.00 bits per heavy atom. The van der Waals surface area contributed by atoms with Crippen LogP contribution in [-0.4, -0.2) is 12.0 Å². The minimum Gasteiger partial charge on any atom is -0.357 e. The van der Waals surface area contributed by atoms with Crippen LogP contribution in [0.2, 0.25) is 0 Å². The smallest absolute Gasteiger partial charge is 0.0461 e. The molecule has 2 N–H and O–H groups in total. The van der Waals surface area contributed by atoms with E-state index in [2.05, 4.69) is 42.3 Å². The Labute approximate surface area is 84.3 Å². The second kappa shape index (κ2) is 3.46. The standard InChI is InChI=1S/C12H16N2/c1-8-4-9(2)11-6-10(7-13-3)14-12(11)5-8/h4-6,13-14H,7H2,1-3H3. The topological polar surface area (TPSA) is 27.8 Å². The van der Waals surface area contributed by atoms with Crippen LogP contribution in [0.3, 0.4) is 0 Å². The third-order valence-electron chi connectivity index (χ3n) is 2.51. The Balaban J connectivity index is 2.58. The van der Waals surface area contributed by atoms with Crippen LogP contribution in [0.5, 0.6) is 0 Å². The molecule has 0 saturated carbocycles. The van der Waals surface area contributed by atoms with Gasteiger partial charge in [-0.05, 0) is 44.2 Å². The maximum Gasteiger partial charge on any atom is 0.0461 e. The molecular formula is C12H16N2. The average Bonchev–Trinajstić information content (AvgIpc) is 2.48. The van der Waals surface area contributed by atoms with E-state index in [1.165, 1.54) is 27.7 Å². The van der Waals surface area contributed by atoms with Crippen LogP contribution < -0.4 is 5.32 Å². The number of aryl methyl sites for hydroxylation is 2. The Morgan fingerprint density at radius 1 is 1.21 bits per heavy atom. The Kier molecular flexibility index (Phi) is 2.30. The normalized spacial score (nSPS) is 11.1. The van der Waals surface area contributed by atoms with Crippen LogP contribution in [0, 0.1) is 13.8 Å². The first-order valence-electron chi connectivity index (χ1n) is 4.94. The molecule has 0 aliphatic rings. The lowest BCUT2D eigenvalue weighted by Gasteiger charge is -1.97. The van der Waals surface area contributed by atoms with Gasteiger partial charge in [0.2, 0.25) is 0 Å². The van der Waals surface area contributed by atoms with Crippen molar-refractivity contribution in [3.63, 3.8) is 0 Å². The van der Waals surface area contributed by atoms with E-state index < -0.39 is 0 Å². The number of aromatic nitrogens is 1. The number of aromatic amines is 1. The molecule has 1 aromatic heterocycles. The minimum atomic E-state index is 0.896. The number of rotatable bonds is 2. The van der Waals surface area contributed by atoms with Crippen molar-refractivity contribution in [3.8, 4) is 0 Å². The second-order valence-corrected chi connectivity index (χ2v) is 3.87. The first-order chi connectivity index (χ1) is 6.70. The Hall–Kier alpha value is -1.28. The van der Waals surface area contributed by atoms with Crippen molar-refractivity contribution in [1.82, 2.24) is 10.3 Å². The summed E-state index contributed by atoms with van der Waals surface area (Å²) in [5.41, 5.74) is 5.15. The molecule has 0 aliphatic heterocycles. The van der Waals surface area contributed by atoms with Gasteiger partial charge in [-0.2, -0.15) is 0 Å². The molecule has 2 nitrogen and oxygen atoms in total. The van der Waals surface area contributed by atoms with Crippen molar-refractivity contribution in [2.45, 2.75) is 20.4 Å². The molecule has 0 radical (unpaired) electrons. The summed E-state index contributed by atoms with van der Waals surface area (Å²) in [6.45, 7) is 5.19. The first-order valence-corrected chi connectivity index (χ1v) is 4.94. The minimum absolute atomic E-state index is 0.896. The summed E-state index contributed by atoms with van der Waals surface area (Å²) in [5, 5.41) is 4.48. The molecule has 0 unspecified atom stereocenters. The number of hydrogen-bond acceptors (Lipinski definition) is 1. The molecule has 1 heterocycles. The van der Waals surface area contributed by atoms with E-state index in [0.717, 1.165) is 6.54 Å². The fourth-order valence-corrected chi connectivity index (χ4v) is 1.94. The lowest BCUT2D eigenvalue weighted by molar-refractivity contribution is 0.799.